The van der Waals surface area contributed by atoms with Crippen LogP contribution in [0.1, 0.15) is 11.3 Å². The van der Waals surface area contributed by atoms with Crippen molar-refractivity contribution in [3.05, 3.63) is 78.4 Å². The van der Waals surface area contributed by atoms with Crippen LogP contribution in [0.4, 0.5) is 5.82 Å². The molecule has 27 heavy (non-hydrogen) atoms. The standard InChI is InChI=1S/C20H17N7/c1-14-11-19-24-20(16-5-2-3-6-17(16)27(19)25-14)22-13-15-7-9-21-18(12-15)26-10-4-8-23-26/h2-12H,13H2,1H3,(H,22,24). The van der Waals surface area contributed by atoms with Crippen LogP contribution in [0.2, 0.25) is 0 Å². The van der Waals surface area contributed by atoms with E-state index in [0.29, 0.717) is 6.54 Å². The number of para-hydroxylation sites is 1. The van der Waals surface area contributed by atoms with Crippen LogP contribution in [0.25, 0.3) is 22.4 Å². The third-order valence-corrected chi connectivity index (χ3v) is 4.44. The van der Waals surface area contributed by atoms with Crippen LogP contribution in [0, 0.1) is 6.92 Å². The van der Waals surface area contributed by atoms with Gasteiger partial charge in [0.2, 0.25) is 0 Å². The number of pyridine rings is 1. The molecule has 132 valence electrons. The van der Waals surface area contributed by atoms with Crippen LogP contribution >= 0.6 is 0 Å². The van der Waals surface area contributed by atoms with E-state index < -0.39 is 0 Å². The molecule has 4 heterocycles. The van der Waals surface area contributed by atoms with E-state index in [4.69, 9.17) is 4.98 Å². The van der Waals surface area contributed by atoms with Gasteiger partial charge >= 0.3 is 0 Å². The molecule has 0 spiro atoms. The van der Waals surface area contributed by atoms with E-state index >= 15 is 0 Å². The Balaban J connectivity index is 1.50. The van der Waals surface area contributed by atoms with Crippen LogP contribution in [-0.2, 0) is 6.54 Å². The second-order valence-electron chi connectivity index (χ2n) is 6.36. The first-order chi connectivity index (χ1) is 13.3. The van der Waals surface area contributed by atoms with Gasteiger partial charge in [-0.15, -0.1) is 0 Å². The molecule has 1 aromatic carbocycles. The fourth-order valence-corrected chi connectivity index (χ4v) is 3.20. The van der Waals surface area contributed by atoms with Gasteiger partial charge < -0.3 is 5.32 Å². The van der Waals surface area contributed by atoms with Crippen molar-refractivity contribution in [2.24, 2.45) is 0 Å². The van der Waals surface area contributed by atoms with E-state index in [1.54, 1.807) is 17.1 Å². The number of aromatic nitrogens is 6. The molecule has 0 radical (unpaired) electrons. The van der Waals surface area contributed by atoms with E-state index in [1.165, 1.54) is 0 Å². The van der Waals surface area contributed by atoms with Crippen molar-refractivity contribution in [1.29, 1.82) is 0 Å². The minimum absolute atomic E-state index is 0.636. The van der Waals surface area contributed by atoms with Crippen molar-refractivity contribution in [2.45, 2.75) is 13.5 Å². The van der Waals surface area contributed by atoms with E-state index in [0.717, 1.165) is 39.4 Å². The first-order valence-corrected chi connectivity index (χ1v) is 8.72. The van der Waals surface area contributed by atoms with Crippen LogP contribution < -0.4 is 5.32 Å². The molecule has 4 aromatic heterocycles. The van der Waals surface area contributed by atoms with Crippen LogP contribution in [0.3, 0.4) is 0 Å². The summed E-state index contributed by atoms with van der Waals surface area (Å²) >= 11 is 0. The minimum Gasteiger partial charge on any atom is -0.365 e. The lowest BCUT2D eigenvalue weighted by atomic mass is 10.2. The average Bonchev–Trinajstić information content (AvgIpc) is 3.35. The molecule has 7 nitrogen and oxygen atoms in total. The van der Waals surface area contributed by atoms with Gasteiger partial charge in [0.05, 0.1) is 11.2 Å². The minimum atomic E-state index is 0.636. The first-order valence-electron chi connectivity index (χ1n) is 8.72. The molecule has 0 aliphatic rings. The molecular weight excluding hydrogens is 338 g/mol. The molecule has 0 saturated heterocycles. The summed E-state index contributed by atoms with van der Waals surface area (Å²) in [7, 11) is 0. The zero-order chi connectivity index (χ0) is 18.2. The molecule has 5 rings (SSSR count). The van der Waals surface area contributed by atoms with Gasteiger partial charge in [-0.05, 0) is 42.8 Å². The maximum absolute atomic E-state index is 4.77. The molecule has 0 aliphatic heterocycles. The second kappa shape index (κ2) is 6.21. The monoisotopic (exact) mass is 355 g/mol. The number of benzene rings is 1. The predicted octanol–water partition coefficient (Wildman–Crippen LogP) is 3.38. The molecule has 0 aliphatic carbocycles. The van der Waals surface area contributed by atoms with Gasteiger partial charge in [-0.25, -0.2) is 19.2 Å². The maximum atomic E-state index is 4.77. The Hall–Kier alpha value is -3.74. The molecular formula is C20H17N7. The SMILES string of the molecule is Cc1cc2nc(NCc3ccnc(-n4cccn4)c3)c3ccccc3n2n1. The topological polar surface area (TPSA) is 72.9 Å². The Bertz CT molecular complexity index is 1240. The van der Waals surface area contributed by atoms with E-state index in [-0.39, 0.29) is 0 Å². The van der Waals surface area contributed by atoms with Gasteiger partial charge in [-0.1, -0.05) is 12.1 Å². The van der Waals surface area contributed by atoms with Gasteiger partial charge in [0.25, 0.3) is 0 Å². The molecule has 0 unspecified atom stereocenters. The molecule has 0 atom stereocenters. The molecule has 0 bridgehead atoms. The summed E-state index contributed by atoms with van der Waals surface area (Å²) in [5.74, 6) is 1.63. The zero-order valence-corrected chi connectivity index (χ0v) is 14.7. The van der Waals surface area contributed by atoms with Crippen LogP contribution in [-0.4, -0.2) is 29.4 Å². The third-order valence-electron chi connectivity index (χ3n) is 4.44. The van der Waals surface area contributed by atoms with Crippen molar-refractivity contribution in [1.82, 2.24) is 29.4 Å². The Morgan fingerprint density at radius 3 is 2.85 bits per heavy atom. The summed E-state index contributed by atoms with van der Waals surface area (Å²) < 4.78 is 3.64. The van der Waals surface area contributed by atoms with Gasteiger partial charge in [0.15, 0.2) is 11.5 Å². The normalized spacial score (nSPS) is 11.3. The summed E-state index contributed by atoms with van der Waals surface area (Å²) in [5.41, 5.74) is 3.92. The second-order valence-corrected chi connectivity index (χ2v) is 6.36. The smallest absolute Gasteiger partial charge is 0.158 e. The summed E-state index contributed by atoms with van der Waals surface area (Å²) in [4.78, 5) is 9.14. The number of nitrogens with zero attached hydrogens (tertiary/aromatic N) is 6. The maximum Gasteiger partial charge on any atom is 0.158 e. The highest BCUT2D eigenvalue weighted by molar-refractivity contribution is 5.91. The van der Waals surface area contributed by atoms with Crippen molar-refractivity contribution >= 4 is 22.4 Å². The third kappa shape index (κ3) is 2.79. The Morgan fingerprint density at radius 2 is 1.96 bits per heavy atom. The first kappa shape index (κ1) is 15.5. The van der Waals surface area contributed by atoms with Gasteiger partial charge in [-0.2, -0.15) is 10.2 Å². The highest BCUT2D eigenvalue weighted by Gasteiger charge is 2.10. The Labute approximate surface area is 155 Å². The number of rotatable bonds is 4. The molecule has 1 N–H and O–H groups in total. The molecule has 0 fully saturated rings. The largest absolute Gasteiger partial charge is 0.365 e. The number of anilines is 1. The number of hydrogen-bond acceptors (Lipinski definition) is 5. The molecule has 0 amide bonds. The lowest BCUT2D eigenvalue weighted by Gasteiger charge is -2.11. The van der Waals surface area contributed by atoms with E-state index in [2.05, 4.69) is 32.6 Å². The molecule has 5 aromatic rings. The lowest BCUT2D eigenvalue weighted by molar-refractivity contribution is 0.843. The summed E-state index contributed by atoms with van der Waals surface area (Å²) in [6.07, 6.45) is 5.42. The summed E-state index contributed by atoms with van der Waals surface area (Å²) in [6.45, 7) is 2.61. The quantitative estimate of drug-likeness (QED) is 0.535. The fraction of sp³-hybridized carbons (Fsp3) is 0.100. The van der Waals surface area contributed by atoms with Crippen LogP contribution in [0.15, 0.2) is 67.1 Å². The fourth-order valence-electron chi connectivity index (χ4n) is 3.20. The average molecular weight is 355 g/mol. The van der Waals surface area contributed by atoms with Gasteiger partial charge in [0.1, 0.15) is 5.82 Å². The number of nitrogens with one attached hydrogen (secondary N) is 1. The lowest BCUT2D eigenvalue weighted by Crippen LogP contribution is -2.06. The highest BCUT2D eigenvalue weighted by Crippen LogP contribution is 2.24. The number of hydrogen-bond donors (Lipinski definition) is 1. The van der Waals surface area contributed by atoms with Crippen LogP contribution in [0.5, 0.6) is 0 Å². The van der Waals surface area contributed by atoms with Crippen molar-refractivity contribution in [3.8, 4) is 5.82 Å². The molecule has 7 heteroatoms. The summed E-state index contributed by atoms with van der Waals surface area (Å²) in [6, 6.07) is 16.0. The Kier molecular flexibility index (Phi) is 3.57. The van der Waals surface area contributed by atoms with Gasteiger partial charge in [0, 0.05) is 36.6 Å². The Morgan fingerprint density at radius 1 is 1.04 bits per heavy atom. The molecule has 0 saturated carbocycles. The van der Waals surface area contributed by atoms with Crippen molar-refractivity contribution < 1.29 is 0 Å². The zero-order valence-electron chi connectivity index (χ0n) is 14.7. The number of aryl methyl sites for hydroxylation is 1. The van der Waals surface area contributed by atoms with E-state index in [9.17, 15) is 0 Å². The summed E-state index contributed by atoms with van der Waals surface area (Å²) in [5, 5.41) is 13.3. The highest BCUT2D eigenvalue weighted by atomic mass is 15.3. The predicted molar refractivity (Wildman–Crippen MR) is 104 cm³/mol. The number of fused-ring (bicyclic) bond motifs is 3. The van der Waals surface area contributed by atoms with E-state index in [1.807, 2.05) is 54.0 Å². The van der Waals surface area contributed by atoms with Crippen molar-refractivity contribution in [3.63, 3.8) is 0 Å². The van der Waals surface area contributed by atoms with Crippen molar-refractivity contribution in [2.75, 3.05) is 5.32 Å². The van der Waals surface area contributed by atoms with Gasteiger partial charge in [-0.3, -0.25) is 0 Å².